The lowest BCUT2D eigenvalue weighted by molar-refractivity contribution is 0.623. The van der Waals surface area contributed by atoms with Crippen molar-refractivity contribution in [1.29, 1.82) is 0 Å². The number of thiazole rings is 1. The predicted molar refractivity (Wildman–Crippen MR) is 95.6 cm³/mol. The molecule has 0 saturated carbocycles. The molecule has 0 aliphatic carbocycles. The van der Waals surface area contributed by atoms with Gasteiger partial charge in [-0.25, -0.2) is 4.98 Å². The van der Waals surface area contributed by atoms with E-state index in [9.17, 15) is 0 Å². The SMILES string of the molecule is CCCCCN(c1nc(C(C)C)c(CNCC)s1)C(C)C. The maximum Gasteiger partial charge on any atom is 0.186 e. The van der Waals surface area contributed by atoms with E-state index in [4.69, 9.17) is 4.98 Å². The molecule has 0 fully saturated rings. The average molecular weight is 312 g/mol. The van der Waals surface area contributed by atoms with Crippen molar-refractivity contribution in [2.24, 2.45) is 0 Å². The van der Waals surface area contributed by atoms with Gasteiger partial charge in [0.2, 0.25) is 0 Å². The monoisotopic (exact) mass is 311 g/mol. The first-order valence-electron chi connectivity index (χ1n) is 8.48. The van der Waals surface area contributed by atoms with Crippen molar-refractivity contribution in [2.75, 3.05) is 18.0 Å². The van der Waals surface area contributed by atoms with Crippen LogP contribution in [0.15, 0.2) is 0 Å². The molecule has 0 saturated heterocycles. The third-order valence-electron chi connectivity index (χ3n) is 3.67. The van der Waals surface area contributed by atoms with Gasteiger partial charge in [0.15, 0.2) is 5.13 Å². The molecule has 1 aromatic rings. The van der Waals surface area contributed by atoms with Crippen molar-refractivity contribution in [3.05, 3.63) is 10.6 Å². The molecule has 0 radical (unpaired) electrons. The van der Waals surface area contributed by atoms with E-state index in [1.54, 1.807) is 0 Å². The summed E-state index contributed by atoms with van der Waals surface area (Å²) in [5.74, 6) is 0.494. The van der Waals surface area contributed by atoms with Crippen molar-refractivity contribution in [3.63, 3.8) is 0 Å². The van der Waals surface area contributed by atoms with E-state index in [2.05, 4.69) is 51.8 Å². The third-order valence-corrected chi connectivity index (χ3v) is 4.78. The van der Waals surface area contributed by atoms with Gasteiger partial charge in [0.1, 0.15) is 0 Å². The lowest BCUT2D eigenvalue weighted by Gasteiger charge is -2.26. The quantitative estimate of drug-likeness (QED) is 0.630. The zero-order valence-corrected chi connectivity index (χ0v) is 15.5. The van der Waals surface area contributed by atoms with Crippen LogP contribution in [0.4, 0.5) is 5.13 Å². The van der Waals surface area contributed by atoms with Gasteiger partial charge in [-0.15, -0.1) is 11.3 Å². The number of nitrogens with zero attached hydrogens (tertiary/aromatic N) is 2. The van der Waals surface area contributed by atoms with Crippen molar-refractivity contribution in [2.45, 2.75) is 79.3 Å². The van der Waals surface area contributed by atoms with Gasteiger partial charge >= 0.3 is 0 Å². The van der Waals surface area contributed by atoms with Crippen molar-refractivity contribution >= 4 is 16.5 Å². The van der Waals surface area contributed by atoms with Gasteiger partial charge < -0.3 is 10.2 Å². The van der Waals surface area contributed by atoms with Crippen LogP contribution in [0.2, 0.25) is 0 Å². The first-order chi connectivity index (χ1) is 10.0. The molecule has 1 rings (SSSR count). The number of nitrogens with one attached hydrogen (secondary N) is 1. The zero-order chi connectivity index (χ0) is 15.8. The summed E-state index contributed by atoms with van der Waals surface area (Å²) in [6.45, 7) is 16.5. The molecule has 1 N–H and O–H groups in total. The topological polar surface area (TPSA) is 28.2 Å². The minimum atomic E-state index is 0.494. The highest BCUT2D eigenvalue weighted by atomic mass is 32.1. The Balaban J connectivity index is 2.91. The van der Waals surface area contributed by atoms with Crippen LogP contribution in [0.25, 0.3) is 0 Å². The second kappa shape index (κ2) is 9.42. The highest BCUT2D eigenvalue weighted by Crippen LogP contribution is 2.32. The fourth-order valence-electron chi connectivity index (χ4n) is 2.40. The molecular weight excluding hydrogens is 278 g/mol. The molecule has 122 valence electrons. The van der Waals surface area contributed by atoms with E-state index in [-0.39, 0.29) is 0 Å². The molecule has 0 aromatic carbocycles. The Hall–Kier alpha value is -0.610. The Kier molecular flexibility index (Phi) is 8.27. The Morgan fingerprint density at radius 1 is 1.14 bits per heavy atom. The average Bonchev–Trinajstić information content (AvgIpc) is 2.84. The zero-order valence-electron chi connectivity index (χ0n) is 14.7. The van der Waals surface area contributed by atoms with Crippen LogP contribution < -0.4 is 10.2 Å². The number of unbranched alkanes of at least 4 members (excludes halogenated alkanes) is 2. The van der Waals surface area contributed by atoms with Gasteiger partial charge in [-0.2, -0.15) is 0 Å². The van der Waals surface area contributed by atoms with Crippen LogP contribution in [0.5, 0.6) is 0 Å². The molecule has 21 heavy (non-hydrogen) atoms. The molecule has 0 spiro atoms. The van der Waals surface area contributed by atoms with Crippen LogP contribution in [0.1, 0.15) is 77.3 Å². The van der Waals surface area contributed by atoms with Crippen LogP contribution >= 0.6 is 11.3 Å². The van der Waals surface area contributed by atoms with Gasteiger partial charge in [0.25, 0.3) is 0 Å². The maximum atomic E-state index is 4.97. The summed E-state index contributed by atoms with van der Waals surface area (Å²) in [5, 5.41) is 4.65. The summed E-state index contributed by atoms with van der Waals surface area (Å²) in [6, 6.07) is 0.514. The van der Waals surface area contributed by atoms with Gasteiger partial charge in [-0.3, -0.25) is 0 Å². The smallest absolute Gasteiger partial charge is 0.186 e. The number of anilines is 1. The minimum absolute atomic E-state index is 0.494. The second-order valence-electron chi connectivity index (χ2n) is 6.23. The molecule has 4 heteroatoms. The Morgan fingerprint density at radius 3 is 2.38 bits per heavy atom. The fraction of sp³-hybridized carbons (Fsp3) is 0.824. The largest absolute Gasteiger partial charge is 0.346 e. The highest BCUT2D eigenvalue weighted by molar-refractivity contribution is 7.15. The van der Waals surface area contributed by atoms with Gasteiger partial charge in [0, 0.05) is 24.0 Å². The van der Waals surface area contributed by atoms with Crippen LogP contribution in [-0.4, -0.2) is 24.1 Å². The Labute approximate surface area is 135 Å². The van der Waals surface area contributed by atoms with Crippen LogP contribution in [0.3, 0.4) is 0 Å². The molecular formula is C17H33N3S. The third kappa shape index (κ3) is 5.59. The lowest BCUT2D eigenvalue weighted by Crippen LogP contribution is -2.31. The molecule has 0 aliphatic heterocycles. The Morgan fingerprint density at radius 2 is 1.86 bits per heavy atom. The predicted octanol–water partition coefficient (Wildman–Crippen LogP) is 4.78. The molecule has 0 amide bonds. The van der Waals surface area contributed by atoms with Gasteiger partial charge in [0.05, 0.1) is 5.69 Å². The van der Waals surface area contributed by atoms with E-state index in [1.807, 2.05) is 11.3 Å². The minimum Gasteiger partial charge on any atom is -0.346 e. The van der Waals surface area contributed by atoms with Crippen LogP contribution in [-0.2, 0) is 6.54 Å². The summed E-state index contributed by atoms with van der Waals surface area (Å²) in [7, 11) is 0. The number of rotatable bonds is 10. The summed E-state index contributed by atoms with van der Waals surface area (Å²) >= 11 is 1.87. The van der Waals surface area contributed by atoms with E-state index >= 15 is 0 Å². The number of hydrogen-bond donors (Lipinski definition) is 1. The van der Waals surface area contributed by atoms with Crippen LogP contribution in [0, 0.1) is 0 Å². The van der Waals surface area contributed by atoms with Crippen molar-refractivity contribution in [1.82, 2.24) is 10.3 Å². The van der Waals surface area contributed by atoms with E-state index < -0.39 is 0 Å². The summed E-state index contributed by atoms with van der Waals surface area (Å²) < 4.78 is 0. The van der Waals surface area contributed by atoms with Crippen molar-refractivity contribution in [3.8, 4) is 0 Å². The first kappa shape index (κ1) is 18.4. The molecule has 1 aromatic heterocycles. The normalized spacial score (nSPS) is 11.6. The standard InChI is InChI=1S/C17H33N3S/c1-7-9-10-11-20(14(5)6)17-19-16(13(3)4)15(21-17)12-18-8-2/h13-14,18H,7-12H2,1-6H3. The molecule has 0 atom stereocenters. The van der Waals surface area contributed by atoms with E-state index in [0.717, 1.165) is 19.6 Å². The summed E-state index contributed by atoms with van der Waals surface area (Å²) in [4.78, 5) is 8.85. The number of aromatic nitrogens is 1. The fourth-order valence-corrected chi connectivity index (χ4v) is 3.74. The molecule has 1 heterocycles. The van der Waals surface area contributed by atoms with E-state index in [1.165, 1.54) is 35.0 Å². The molecule has 0 aliphatic rings. The van der Waals surface area contributed by atoms with Gasteiger partial charge in [-0.1, -0.05) is 40.5 Å². The molecule has 3 nitrogen and oxygen atoms in total. The first-order valence-corrected chi connectivity index (χ1v) is 9.29. The van der Waals surface area contributed by atoms with E-state index in [0.29, 0.717) is 12.0 Å². The van der Waals surface area contributed by atoms with Crippen molar-refractivity contribution < 1.29 is 0 Å². The Bertz CT molecular complexity index is 399. The number of hydrogen-bond acceptors (Lipinski definition) is 4. The lowest BCUT2D eigenvalue weighted by atomic mass is 10.1. The van der Waals surface area contributed by atoms with Gasteiger partial charge in [-0.05, 0) is 32.7 Å². The highest BCUT2D eigenvalue weighted by Gasteiger charge is 2.19. The molecule has 0 unspecified atom stereocenters. The molecule has 0 bridgehead atoms. The summed E-state index contributed by atoms with van der Waals surface area (Å²) in [6.07, 6.45) is 3.83. The second-order valence-corrected chi connectivity index (χ2v) is 7.30. The maximum absolute atomic E-state index is 4.97. The summed E-state index contributed by atoms with van der Waals surface area (Å²) in [5.41, 5.74) is 1.28.